The van der Waals surface area contributed by atoms with Crippen molar-refractivity contribution in [3.05, 3.63) is 87.1 Å². The molecule has 1 aromatic heterocycles. The molecule has 0 saturated heterocycles. The molecule has 0 saturated carbocycles. The number of amides is 1. The zero-order chi connectivity index (χ0) is 18.5. The summed E-state index contributed by atoms with van der Waals surface area (Å²) >= 11 is 1.73. The number of carbonyl (C=O) groups excluding carboxylic acids is 1. The zero-order valence-electron chi connectivity index (χ0n) is 15.5. The summed E-state index contributed by atoms with van der Waals surface area (Å²) in [7, 11) is 0. The second kappa shape index (κ2) is 8.30. The Balaban J connectivity index is 1.70. The summed E-state index contributed by atoms with van der Waals surface area (Å²) in [5.41, 5.74) is 5.66. The first-order chi connectivity index (χ1) is 12.5. The Bertz CT molecular complexity index is 870. The Kier molecular flexibility index (Phi) is 5.86. The molecule has 3 rings (SSSR count). The van der Waals surface area contributed by atoms with E-state index in [2.05, 4.69) is 72.3 Å². The molecule has 4 heteroatoms. The van der Waals surface area contributed by atoms with Crippen LogP contribution in [0, 0.1) is 20.8 Å². The minimum Gasteiger partial charge on any atom is -0.328 e. The number of hydrogen-bond donors (Lipinski definition) is 2. The first-order valence-corrected chi connectivity index (χ1v) is 9.72. The highest BCUT2D eigenvalue weighted by Gasteiger charge is 2.20. The van der Waals surface area contributed by atoms with Crippen LogP contribution in [0.5, 0.6) is 0 Å². The number of benzene rings is 2. The van der Waals surface area contributed by atoms with Crippen LogP contribution < -0.4 is 10.6 Å². The number of carbonyl (C=O) groups is 1. The largest absolute Gasteiger partial charge is 0.328 e. The Morgan fingerprint density at radius 3 is 2.50 bits per heavy atom. The fraction of sp³-hybridized carbons (Fsp3) is 0.227. The maximum atomic E-state index is 12.5. The highest BCUT2D eigenvalue weighted by molar-refractivity contribution is 7.10. The second-order valence-electron chi connectivity index (χ2n) is 6.64. The van der Waals surface area contributed by atoms with E-state index >= 15 is 0 Å². The maximum Gasteiger partial charge on any atom is 0.279 e. The van der Waals surface area contributed by atoms with Crippen molar-refractivity contribution in [2.45, 2.75) is 26.8 Å². The Morgan fingerprint density at radius 2 is 1.81 bits per heavy atom. The topological polar surface area (TPSA) is 45.7 Å². The van der Waals surface area contributed by atoms with Crippen LogP contribution in [-0.2, 0) is 4.79 Å². The maximum absolute atomic E-state index is 12.5. The van der Waals surface area contributed by atoms with Crippen LogP contribution in [0.4, 0.5) is 5.69 Å². The smallest absolute Gasteiger partial charge is 0.279 e. The van der Waals surface area contributed by atoms with E-state index in [4.69, 9.17) is 0 Å². The monoisotopic (exact) mass is 365 g/mol. The average molecular weight is 366 g/mol. The Hall–Kier alpha value is -2.43. The van der Waals surface area contributed by atoms with E-state index in [0.717, 1.165) is 11.3 Å². The summed E-state index contributed by atoms with van der Waals surface area (Å²) in [5, 5.41) is 7.24. The number of anilines is 1. The van der Waals surface area contributed by atoms with Gasteiger partial charge in [0.2, 0.25) is 0 Å². The SMILES string of the molecule is Cc1ccc([C@@H]([NH2+]CC(=O)Nc2cccc(C)c2C)c2cccs2)cc1. The van der Waals surface area contributed by atoms with E-state index < -0.39 is 0 Å². The van der Waals surface area contributed by atoms with Crippen LogP contribution in [0.15, 0.2) is 60.0 Å². The number of aryl methyl sites for hydroxylation is 2. The minimum absolute atomic E-state index is 0.0207. The molecule has 2 aromatic carbocycles. The first kappa shape index (κ1) is 18.4. The van der Waals surface area contributed by atoms with E-state index in [-0.39, 0.29) is 11.9 Å². The van der Waals surface area contributed by atoms with Gasteiger partial charge in [-0.05, 0) is 49.4 Å². The standard InChI is InChI=1S/C22H24N2OS/c1-15-9-11-18(12-10-15)22(20-8-5-13-26-20)23-14-21(25)24-19-7-4-6-16(2)17(19)3/h4-13,22-23H,14H2,1-3H3,(H,24,25)/p+1/t22-/m1/s1. The molecule has 1 atom stereocenters. The van der Waals surface area contributed by atoms with Crippen molar-refractivity contribution >= 4 is 22.9 Å². The number of hydrogen-bond acceptors (Lipinski definition) is 2. The summed E-state index contributed by atoms with van der Waals surface area (Å²) in [6.45, 7) is 6.56. The summed E-state index contributed by atoms with van der Waals surface area (Å²) in [6.07, 6.45) is 0. The van der Waals surface area contributed by atoms with E-state index in [1.54, 1.807) is 11.3 Å². The molecular weight excluding hydrogens is 340 g/mol. The molecule has 0 bridgehead atoms. The van der Waals surface area contributed by atoms with Crippen molar-refractivity contribution in [2.24, 2.45) is 0 Å². The molecule has 0 aliphatic heterocycles. The molecule has 0 fully saturated rings. The summed E-state index contributed by atoms with van der Waals surface area (Å²) in [5.74, 6) is 0.0207. The molecule has 1 amide bonds. The van der Waals surface area contributed by atoms with E-state index in [9.17, 15) is 4.79 Å². The van der Waals surface area contributed by atoms with Crippen LogP contribution in [0.1, 0.15) is 33.2 Å². The van der Waals surface area contributed by atoms with Gasteiger partial charge < -0.3 is 10.6 Å². The third-order valence-corrected chi connectivity index (χ3v) is 5.66. The van der Waals surface area contributed by atoms with Gasteiger partial charge in [0.15, 0.2) is 6.54 Å². The van der Waals surface area contributed by atoms with Crippen molar-refractivity contribution in [1.29, 1.82) is 0 Å². The van der Waals surface area contributed by atoms with Gasteiger partial charge in [0.25, 0.3) is 5.91 Å². The quantitative estimate of drug-likeness (QED) is 0.682. The lowest BCUT2D eigenvalue weighted by Crippen LogP contribution is -2.87. The number of quaternary nitrogens is 1. The average Bonchev–Trinajstić information content (AvgIpc) is 3.15. The van der Waals surface area contributed by atoms with Gasteiger partial charge in [-0.25, -0.2) is 0 Å². The van der Waals surface area contributed by atoms with Crippen molar-refractivity contribution < 1.29 is 10.1 Å². The van der Waals surface area contributed by atoms with Gasteiger partial charge in [-0.3, -0.25) is 4.79 Å². The molecule has 1 heterocycles. The number of thiophene rings is 1. The molecule has 3 nitrogen and oxygen atoms in total. The van der Waals surface area contributed by atoms with Crippen LogP contribution >= 0.6 is 11.3 Å². The number of rotatable bonds is 6. The fourth-order valence-corrected chi connectivity index (χ4v) is 3.82. The molecule has 134 valence electrons. The third kappa shape index (κ3) is 4.40. The van der Waals surface area contributed by atoms with E-state index in [1.807, 2.05) is 19.1 Å². The van der Waals surface area contributed by atoms with Gasteiger partial charge in [0, 0.05) is 11.3 Å². The van der Waals surface area contributed by atoms with Crippen LogP contribution in [-0.4, -0.2) is 12.5 Å². The van der Waals surface area contributed by atoms with Gasteiger partial charge in [0.05, 0.1) is 4.88 Å². The molecule has 0 aliphatic carbocycles. The molecule has 0 unspecified atom stereocenters. The van der Waals surface area contributed by atoms with Crippen LogP contribution in [0.2, 0.25) is 0 Å². The van der Waals surface area contributed by atoms with E-state index in [0.29, 0.717) is 6.54 Å². The summed E-state index contributed by atoms with van der Waals surface area (Å²) in [4.78, 5) is 13.8. The van der Waals surface area contributed by atoms with Crippen molar-refractivity contribution in [3.8, 4) is 0 Å². The first-order valence-electron chi connectivity index (χ1n) is 8.84. The molecule has 3 N–H and O–H groups in total. The van der Waals surface area contributed by atoms with Gasteiger partial charge in [-0.15, -0.1) is 11.3 Å². The predicted octanol–water partition coefficient (Wildman–Crippen LogP) is 3.96. The van der Waals surface area contributed by atoms with Crippen LogP contribution in [0.25, 0.3) is 0 Å². The Labute approximate surface area is 159 Å². The van der Waals surface area contributed by atoms with Crippen molar-refractivity contribution in [2.75, 3.05) is 11.9 Å². The number of nitrogens with one attached hydrogen (secondary N) is 1. The van der Waals surface area contributed by atoms with E-state index in [1.165, 1.54) is 21.6 Å². The highest BCUT2D eigenvalue weighted by Crippen LogP contribution is 2.23. The van der Waals surface area contributed by atoms with Gasteiger partial charge in [-0.2, -0.15) is 0 Å². The molecule has 0 spiro atoms. The summed E-state index contributed by atoms with van der Waals surface area (Å²) in [6, 6.07) is 18.9. The lowest BCUT2D eigenvalue weighted by Gasteiger charge is -2.16. The predicted molar refractivity (Wildman–Crippen MR) is 109 cm³/mol. The normalized spacial score (nSPS) is 12.0. The van der Waals surface area contributed by atoms with Crippen LogP contribution in [0.3, 0.4) is 0 Å². The van der Waals surface area contributed by atoms with Gasteiger partial charge in [-0.1, -0.05) is 48.0 Å². The molecule has 26 heavy (non-hydrogen) atoms. The highest BCUT2D eigenvalue weighted by atomic mass is 32.1. The minimum atomic E-state index is 0.0207. The Morgan fingerprint density at radius 1 is 1.04 bits per heavy atom. The molecule has 3 aromatic rings. The fourth-order valence-electron chi connectivity index (χ4n) is 2.97. The summed E-state index contributed by atoms with van der Waals surface area (Å²) < 4.78 is 0. The lowest BCUT2D eigenvalue weighted by atomic mass is 10.0. The molecular formula is C22H25N2OS+. The zero-order valence-corrected chi connectivity index (χ0v) is 16.3. The van der Waals surface area contributed by atoms with Crippen molar-refractivity contribution in [1.82, 2.24) is 0 Å². The molecule has 0 radical (unpaired) electrons. The lowest BCUT2D eigenvalue weighted by molar-refractivity contribution is -0.675. The molecule has 0 aliphatic rings. The second-order valence-corrected chi connectivity index (χ2v) is 7.62. The van der Waals surface area contributed by atoms with Crippen molar-refractivity contribution in [3.63, 3.8) is 0 Å². The third-order valence-electron chi connectivity index (χ3n) is 4.70. The number of nitrogens with two attached hydrogens (primary N) is 1. The van der Waals surface area contributed by atoms with Gasteiger partial charge in [0.1, 0.15) is 6.04 Å². The van der Waals surface area contributed by atoms with Gasteiger partial charge >= 0.3 is 0 Å².